The molecule has 2 fully saturated rings. The maximum absolute atomic E-state index is 11.3. The van der Waals surface area contributed by atoms with Crippen molar-refractivity contribution in [1.82, 2.24) is 9.80 Å². The Morgan fingerprint density at radius 1 is 1.00 bits per heavy atom. The Hall–Kier alpha value is -0.900. The summed E-state index contributed by atoms with van der Waals surface area (Å²) < 4.78 is 0. The molecule has 0 amide bonds. The van der Waals surface area contributed by atoms with Crippen LogP contribution in [0.4, 0.5) is 0 Å². The first-order valence-electron chi connectivity index (χ1n) is 10.5. The van der Waals surface area contributed by atoms with Crippen molar-refractivity contribution in [1.29, 1.82) is 0 Å². The van der Waals surface area contributed by atoms with Crippen molar-refractivity contribution in [2.45, 2.75) is 69.9 Å². The summed E-state index contributed by atoms with van der Waals surface area (Å²) in [4.78, 5) is 5.24. The van der Waals surface area contributed by atoms with Gasteiger partial charge in [-0.05, 0) is 70.3 Å². The van der Waals surface area contributed by atoms with Crippen molar-refractivity contribution in [2.75, 3.05) is 32.7 Å². The highest BCUT2D eigenvalue weighted by Gasteiger charge is 2.33. The fourth-order valence-electron chi connectivity index (χ4n) is 4.60. The molecule has 25 heavy (non-hydrogen) atoms. The topological polar surface area (TPSA) is 26.7 Å². The Morgan fingerprint density at radius 3 is 2.44 bits per heavy atom. The fraction of sp³-hybridized carbons (Fsp3) is 0.727. The van der Waals surface area contributed by atoms with Crippen LogP contribution in [-0.2, 0) is 5.60 Å². The number of hydrogen-bond donors (Lipinski definition) is 1. The van der Waals surface area contributed by atoms with E-state index < -0.39 is 5.60 Å². The minimum Gasteiger partial charge on any atom is -0.384 e. The van der Waals surface area contributed by atoms with E-state index in [0.29, 0.717) is 6.04 Å². The second-order valence-corrected chi connectivity index (χ2v) is 8.06. The maximum atomic E-state index is 11.3. The zero-order valence-electron chi connectivity index (χ0n) is 16.0. The summed E-state index contributed by atoms with van der Waals surface area (Å²) in [6.45, 7) is 7.83. The van der Waals surface area contributed by atoms with E-state index >= 15 is 0 Å². The van der Waals surface area contributed by atoms with Gasteiger partial charge in [0.2, 0.25) is 0 Å². The van der Waals surface area contributed by atoms with Crippen molar-refractivity contribution in [2.24, 2.45) is 0 Å². The lowest BCUT2D eigenvalue weighted by Gasteiger charge is -2.42. The first kappa shape index (κ1) is 18.9. The van der Waals surface area contributed by atoms with Gasteiger partial charge in [-0.3, -0.25) is 4.90 Å². The van der Waals surface area contributed by atoms with E-state index in [-0.39, 0.29) is 0 Å². The normalized spacial score (nSPS) is 25.6. The van der Waals surface area contributed by atoms with E-state index in [1.165, 1.54) is 64.6 Å². The fourth-order valence-corrected chi connectivity index (χ4v) is 4.60. The highest BCUT2D eigenvalue weighted by atomic mass is 16.3. The molecule has 0 bridgehead atoms. The standard InChI is InChI=1S/C22H36N2O/c1-2-22(25,20-11-5-3-6-12-20)19-24-17-10-7-13-21(24)14-18-23-15-8-4-9-16-23/h3,5-6,11-12,21,25H,2,4,7-10,13-19H2,1H3. The number of piperidine rings is 2. The largest absolute Gasteiger partial charge is 0.384 e. The Labute approximate surface area is 154 Å². The minimum atomic E-state index is -0.720. The van der Waals surface area contributed by atoms with Gasteiger partial charge >= 0.3 is 0 Å². The second kappa shape index (κ2) is 9.16. The highest BCUT2D eigenvalue weighted by Crippen LogP contribution is 2.30. The molecule has 0 aliphatic carbocycles. The van der Waals surface area contributed by atoms with Crippen molar-refractivity contribution in [3.05, 3.63) is 35.9 Å². The molecule has 3 rings (SSSR count). The number of hydrogen-bond acceptors (Lipinski definition) is 3. The summed E-state index contributed by atoms with van der Waals surface area (Å²) >= 11 is 0. The molecule has 3 heteroatoms. The van der Waals surface area contributed by atoms with E-state index in [2.05, 4.69) is 28.9 Å². The Kier molecular flexibility index (Phi) is 6.92. The van der Waals surface area contributed by atoms with Crippen molar-refractivity contribution in [3.63, 3.8) is 0 Å². The number of rotatable bonds is 7. The molecule has 0 saturated carbocycles. The smallest absolute Gasteiger partial charge is 0.102 e. The van der Waals surface area contributed by atoms with Gasteiger partial charge < -0.3 is 10.0 Å². The predicted molar refractivity (Wildman–Crippen MR) is 105 cm³/mol. The number of benzene rings is 1. The SMILES string of the molecule is CCC(O)(CN1CCCCC1CCN1CCCCC1)c1ccccc1. The van der Waals surface area contributed by atoms with Crippen LogP contribution in [0.1, 0.15) is 63.9 Å². The minimum absolute atomic E-state index is 0.637. The Morgan fingerprint density at radius 2 is 1.72 bits per heavy atom. The lowest BCUT2D eigenvalue weighted by atomic mass is 9.88. The van der Waals surface area contributed by atoms with Gasteiger partial charge in [0, 0.05) is 12.6 Å². The molecule has 1 aromatic rings. The molecule has 0 spiro atoms. The van der Waals surface area contributed by atoms with E-state index in [1.807, 2.05) is 18.2 Å². The highest BCUT2D eigenvalue weighted by molar-refractivity contribution is 5.22. The van der Waals surface area contributed by atoms with E-state index in [0.717, 1.165) is 25.1 Å². The van der Waals surface area contributed by atoms with Gasteiger partial charge in [0.25, 0.3) is 0 Å². The predicted octanol–water partition coefficient (Wildman–Crippen LogP) is 4.01. The molecule has 140 valence electrons. The molecule has 3 nitrogen and oxygen atoms in total. The van der Waals surface area contributed by atoms with Crippen LogP contribution in [-0.4, -0.2) is 53.7 Å². The molecule has 2 aliphatic rings. The zero-order valence-corrected chi connectivity index (χ0v) is 16.0. The van der Waals surface area contributed by atoms with Crippen molar-refractivity contribution < 1.29 is 5.11 Å². The monoisotopic (exact) mass is 344 g/mol. The van der Waals surface area contributed by atoms with Gasteiger partial charge in [0.1, 0.15) is 5.60 Å². The second-order valence-electron chi connectivity index (χ2n) is 8.06. The summed E-state index contributed by atoms with van der Waals surface area (Å²) in [6.07, 6.45) is 10.1. The number of β-amino-alcohol motifs (C(OH)–C–C–N with tert-alkyl or cyclic N) is 1. The summed E-state index contributed by atoms with van der Waals surface area (Å²) in [6, 6.07) is 10.9. The molecule has 2 saturated heterocycles. The average Bonchev–Trinajstić information content (AvgIpc) is 2.69. The molecule has 0 radical (unpaired) electrons. The van der Waals surface area contributed by atoms with Crippen LogP contribution in [0, 0.1) is 0 Å². The summed E-state index contributed by atoms with van der Waals surface area (Å²) in [7, 11) is 0. The third-order valence-corrected chi connectivity index (χ3v) is 6.34. The zero-order chi connectivity index (χ0) is 17.5. The van der Waals surface area contributed by atoms with Crippen molar-refractivity contribution >= 4 is 0 Å². The lowest BCUT2D eigenvalue weighted by molar-refractivity contribution is -0.0270. The van der Waals surface area contributed by atoms with Gasteiger partial charge in [-0.25, -0.2) is 0 Å². The molecule has 0 aromatic heterocycles. The molecular weight excluding hydrogens is 308 g/mol. The lowest BCUT2D eigenvalue weighted by Crippen LogP contribution is -2.49. The van der Waals surface area contributed by atoms with E-state index in [4.69, 9.17) is 0 Å². The molecule has 2 heterocycles. The van der Waals surface area contributed by atoms with Gasteiger partial charge in [0.05, 0.1) is 0 Å². The quantitative estimate of drug-likeness (QED) is 0.809. The molecule has 2 unspecified atom stereocenters. The number of nitrogens with zero attached hydrogens (tertiary/aromatic N) is 2. The molecule has 1 N–H and O–H groups in total. The summed E-state index contributed by atoms with van der Waals surface area (Å²) in [5, 5.41) is 11.3. The molecule has 2 aliphatic heterocycles. The van der Waals surface area contributed by atoms with Crippen LogP contribution >= 0.6 is 0 Å². The number of aliphatic hydroxyl groups is 1. The Bertz CT molecular complexity index is 500. The van der Waals surface area contributed by atoms with Gasteiger partial charge in [-0.1, -0.05) is 50.1 Å². The van der Waals surface area contributed by atoms with Crippen LogP contribution in [0.15, 0.2) is 30.3 Å². The van der Waals surface area contributed by atoms with Crippen LogP contribution in [0.2, 0.25) is 0 Å². The van der Waals surface area contributed by atoms with E-state index in [9.17, 15) is 5.11 Å². The Balaban J connectivity index is 1.61. The van der Waals surface area contributed by atoms with Crippen LogP contribution in [0.5, 0.6) is 0 Å². The molecule has 1 aromatic carbocycles. The molecular formula is C22H36N2O. The van der Waals surface area contributed by atoms with Crippen LogP contribution in [0.25, 0.3) is 0 Å². The van der Waals surface area contributed by atoms with Gasteiger partial charge in [-0.15, -0.1) is 0 Å². The average molecular weight is 345 g/mol. The van der Waals surface area contributed by atoms with Crippen LogP contribution < -0.4 is 0 Å². The first-order chi connectivity index (χ1) is 12.2. The number of likely N-dealkylation sites (tertiary alicyclic amines) is 2. The summed E-state index contributed by atoms with van der Waals surface area (Å²) in [5.41, 5.74) is 0.347. The third kappa shape index (κ3) is 5.06. The van der Waals surface area contributed by atoms with E-state index in [1.54, 1.807) is 0 Å². The first-order valence-corrected chi connectivity index (χ1v) is 10.5. The van der Waals surface area contributed by atoms with Gasteiger partial charge in [-0.2, -0.15) is 0 Å². The molecule has 2 atom stereocenters. The van der Waals surface area contributed by atoms with Crippen LogP contribution in [0.3, 0.4) is 0 Å². The van der Waals surface area contributed by atoms with Gasteiger partial charge in [0.15, 0.2) is 0 Å². The third-order valence-electron chi connectivity index (χ3n) is 6.34. The summed E-state index contributed by atoms with van der Waals surface area (Å²) in [5.74, 6) is 0. The maximum Gasteiger partial charge on any atom is 0.102 e. The van der Waals surface area contributed by atoms with Crippen molar-refractivity contribution in [3.8, 4) is 0 Å².